The summed E-state index contributed by atoms with van der Waals surface area (Å²) >= 11 is 11.8. The molecule has 1 aromatic rings. The quantitative estimate of drug-likeness (QED) is 0.723. The number of sulfone groups is 1. The number of rotatable bonds is 7. The summed E-state index contributed by atoms with van der Waals surface area (Å²) in [4.78, 5) is 0. The first kappa shape index (κ1) is 16.4. The number of hydrogen-bond acceptors (Lipinski definition) is 4. The van der Waals surface area contributed by atoms with Gasteiger partial charge >= 0.3 is 0 Å². The number of methoxy groups -OCH3 is 1. The minimum absolute atomic E-state index is 0.0342. The smallest absolute Gasteiger partial charge is 0.179 e. The second-order valence-electron chi connectivity index (χ2n) is 3.83. The van der Waals surface area contributed by atoms with Crippen LogP contribution < -0.4 is 9.47 Å². The predicted octanol–water partition coefficient (Wildman–Crippen LogP) is 2.90. The summed E-state index contributed by atoms with van der Waals surface area (Å²) in [6.07, 6.45) is 0. The van der Waals surface area contributed by atoms with Crippen molar-refractivity contribution in [2.24, 2.45) is 0 Å². The molecule has 0 aliphatic rings. The first-order chi connectivity index (χ1) is 8.93. The number of halogens is 2. The molecule has 0 bridgehead atoms. The lowest BCUT2D eigenvalue weighted by Crippen LogP contribution is -2.16. The Morgan fingerprint density at radius 2 is 2.00 bits per heavy atom. The highest BCUT2D eigenvalue weighted by Gasteiger charge is 2.14. The summed E-state index contributed by atoms with van der Waals surface area (Å²) in [5.74, 6) is 1.12. The van der Waals surface area contributed by atoms with Gasteiger partial charge in [-0.15, -0.1) is 11.6 Å². The molecule has 1 rings (SSSR count). The van der Waals surface area contributed by atoms with Gasteiger partial charge in [-0.25, -0.2) is 8.42 Å². The molecule has 0 N–H and O–H groups in total. The third-order valence-corrected chi connectivity index (χ3v) is 4.78. The Morgan fingerprint density at radius 3 is 2.53 bits per heavy atom. The van der Waals surface area contributed by atoms with Crippen molar-refractivity contribution in [3.63, 3.8) is 0 Å². The summed E-state index contributed by atoms with van der Waals surface area (Å²) in [5.41, 5.74) is 0.803. The molecule has 7 heteroatoms. The van der Waals surface area contributed by atoms with Gasteiger partial charge in [-0.05, 0) is 17.7 Å². The molecule has 0 aliphatic heterocycles. The van der Waals surface area contributed by atoms with Crippen LogP contribution >= 0.6 is 23.2 Å². The van der Waals surface area contributed by atoms with E-state index in [1.807, 2.05) is 0 Å². The van der Waals surface area contributed by atoms with Crippen molar-refractivity contribution in [3.05, 3.63) is 22.7 Å². The maximum atomic E-state index is 11.4. The van der Waals surface area contributed by atoms with E-state index in [1.54, 1.807) is 19.1 Å². The van der Waals surface area contributed by atoms with Crippen molar-refractivity contribution < 1.29 is 17.9 Å². The van der Waals surface area contributed by atoms with E-state index >= 15 is 0 Å². The summed E-state index contributed by atoms with van der Waals surface area (Å²) in [6, 6.07) is 3.38. The van der Waals surface area contributed by atoms with E-state index in [9.17, 15) is 8.42 Å². The van der Waals surface area contributed by atoms with Crippen LogP contribution in [-0.4, -0.2) is 33.6 Å². The van der Waals surface area contributed by atoms with Crippen molar-refractivity contribution in [2.75, 3.05) is 25.2 Å². The van der Waals surface area contributed by atoms with Crippen molar-refractivity contribution in [3.8, 4) is 11.5 Å². The molecule has 0 aliphatic carbocycles. The number of alkyl halides is 1. The van der Waals surface area contributed by atoms with Crippen molar-refractivity contribution in [1.82, 2.24) is 0 Å². The van der Waals surface area contributed by atoms with Crippen LogP contribution in [0.5, 0.6) is 11.5 Å². The molecule has 1 aromatic carbocycles. The highest BCUT2D eigenvalue weighted by Crippen LogP contribution is 2.36. The zero-order valence-electron chi connectivity index (χ0n) is 10.8. The number of hydrogen-bond donors (Lipinski definition) is 0. The van der Waals surface area contributed by atoms with Crippen LogP contribution in [0.1, 0.15) is 12.5 Å². The number of benzene rings is 1. The van der Waals surface area contributed by atoms with Crippen LogP contribution in [0, 0.1) is 0 Å². The molecule has 19 heavy (non-hydrogen) atoms. The topological polar surface area (TPSA) is 52.6 Å². The molecular weight excluding hydrogens is 311 g/mol. The van der Waals surface area contributed by atoms with Gasteiger partial charge in [-0.2, -0.15) is 0 Å². The normalized spacial score (nSPS) is 11.4. The van der Waals surface area contributed by atoms with Gasteiger partial charge < -0.3 is 9.47 Å². The largest absolute Gasteiger partial charge is 0.493 e. The first-order valence-electron chi connectivity index (χ1n) is 5.69. The maximum absolute atomic E-state index is 11.4. The number of ether oxygens (including phenoxy) is 2. The third kappa shape index (κ3) is 4.75. The van der Waals surface area contributed by atoms with Gasteiger partial charge in [0.05, 0.1) is 17.9 Å². The van der Waals surface area contributed by atoms with Crippen LogP contribution in [0.3, 0.4) is 0 Å². The van der Waals surface area contributed by atoms with Crippen molar-refractivity contribution in [1.29, 1.82) is 0 Å². The molecule has 0 atom stereocenters. The Kier molecular flexibility index (Phi) is 6.23. The molecule has 0 spiro atoms. The van der Waals surface area contributed by atoms with Gasteiger partial charge in [0.2, 0.25) is 0 Å². The highest BCUT2D eigenvalue weighted by atomic mass is 35.5. The average molecular weight is 327 g/mol. The molecule has 108 valence electrons. The summed E-state index contributed by atoms with van der Waals surface area (Å²) in [7, 11) is -1.58. The van der Waals surface area contributed by atoms with Crippen LogP contribution in [0.15, 0.2) is 12.1 Å². The van der Waals surface area contributed by atoms with E-state index in [4.69, 9.17) is 32.7 Å². The summed E-state index contributed by atoms with van der Waals surface area (Å²) < 4.78 is 33.3. The van der Waals surface area contributed by atoms with E-state index < -0.39 is 9.84 Å². The predicted molar refractivity (Wildman–Crippen MR) is 77.4 cm³/mol. The van der Waals surface area contributed by atoms with Crippen LogP contribution in [0.25, 0.3) is 0 Å². The minimum Gasteiger partial charge on any atom is -0.493 e. The second-order valence-corrected chi connectivity index (χ2v) is 6.97. The Balaban J connectivity index is 2.83. The Bertz CT molecular complexity index is 529. The van der Waals surface area contributed by atoms with Crippen LogP contribution in [0.4, 0.5) is 0 Å². The molecule has 0 fully saturated rings. The van der Waals surface area contributed by atoms with Gasteiger partial charge in [-0.3, -0.25) is 0 Å². The molecule has 4 nitrogen and oxygen atoms in total. The lowest BCUT2D eigenvalue weighted by Gasteiger charge is -2.13. The Hall–Kier alpha value is -0.650. The van der Waals surface area contributed by atoms with E-state index in [1.165, 1.54) is 7.11 Å². The van der Waals surface area contributed by atoms with E-state index in [0.29, 0.717) is 22.4 Å². The lowest BCUT2D eigenvalue weighted by atomic mass is 10.2. The molecule has 0 heterocycles. The molecule has 0 amide bonds. The fourth-order valence-corrected chi connectivity index (χ4v) is 2.47. The van der Waals surface area contributed by atoms with E-state index in [0.717, 1.165) is 5.56 Å². The fourth-order valence-electron chi connectivity index (χ4n) is 1.41. The second kappa shape index (κ2) is 7.22. The summed E-state index contributed by atoms with van der Waals surface area (Å²) in [5, 5.41) is 0.351. The van der Waals surface area contributed by atoms with Gasteiger partial charge in [0.15, 0.2) is 21.3 Å². The first-order valence-corrected chi connectivity index (χ1v) is 8.42. The van der Waals surface area contributed by atoms with Crippen LogP contribution in [0.2, 0.25) is 5.02 Å². The zero-order valence-corrected chi connectivity index (χ0v) is 13.1. The molecule has 0 saturated carbocycles. The Labute approximate surface area is 123 Å². The SMILES string of the molecule is CCS(=O)(=O)CCOc1c(Cl)cc(CCl)cc1OC. The highest BCUT2D eigenvalue weighted by molar-refractivity contribution is 7.91. The molecular formula is C12H16Cl2O4S. The maximum Gasteiger partial charge on any atom is 0.179 e. The van der Waals surface area contributed by atoms with Gasteiger partial charge in [0.1, 0.15) is 6.61 Å². The minimum atomic E-state index is -3.06. The average Bonchev–Trinajstić information content (AvgIpc) is 2.39. The third-order valence-electron chi connectivity index (χ3n) is 2.52. The zero-order chi connectivity index (χ0) is 14.5. The van der Waals surface area contributed by atoms with E-state index in [2.05, 4.69) is 0 Å². The summed E-state index contributed by atoms with van der Waals surface area (Å²) in [6.45, 7) is 1.63. The molecule has 0 aromatic heterocycles. The van der Waals surface area contributed by atoms with E-state index in [-0.39, 0.29) is 18.1 Å². The van der Waals surface area contributed by atoms with Gasteiger partial charge in [-0.1, -0.05) is 18.5 Å². The molecule has 0 radical (unpaired) electrons. The standard InChI is InChI=1S/C12H16Cl2O4S/c1-3-19(15,16)5-4-18-12-10(14)6-9(8-13)7-11(12)17-2/h6-7H,3-5,8H2,1-2H3. The molecule has 0 saturated heterocycles. The molecule has 0 unspecified atom stereocenters. The van der Waals surface area contributed by atoms with Crippen LogP contribution in [-0.2, 0) is 15.7 Å². The van der Waals surface area contributed by atoms with Crippen molar-refractivity contribution in [2.45, 2.75) is 12.8 Å². The van der Waals surface area contributed by atoms with Gasteiger partial charge in [0.25, 0.3) is 0 Å². The van der Waals surface area contributed by atoms with Crippen molar-refractivity contribution >= 4 is 33.0 Å². The fraction of sp³-hybridized carbons (Fsp3) is 0.500. The monoisotopic (exact) mass is 326 g/mol. The Morgan fingerprint density at radius 1 is 1.32 bits per heavy atom. The van der Waals surface area contributed by atoms with Gasteiger partial charge in [0, 0.05) is 11.6 Å². The lowest BCUT2D eigenvalue weighted by molar-refractivity contribution is 0.311.